The van der Waals surface area contributed by atoms with Gasteiger partial charge in [-0.05, 0) is 34.0 Å². The lowest BCUT2D eigenvalue weighted by Crippen LogP contribution is -2.26. The van der Waals surface area contributed by atoms with Crippen molar-refractivity contribution in [1.29, 1.82) is 0 Å². The molecule has 1 aromatic carbocycles. The van der Waals surface area contributed by atoms with E-state index in [1.807, 2.05) is 31.2 Å². The van der Waals surface area contributed by atoms with Gasteiger partial charge in [-0.15, -0.1) is 11.6 Å². The Hall–Kier alpha value is -0.820. The Kier molecular flexibility index (Phi) is 5.14. The minimum atomic E-state index is -3.64. The topological polar surface area (TPSA) is 50.5 Å². The first kappa shape index (κ1) is 16.5. The zero-order chi connectivity index (χ0) is 15.6. The maximum absolute atomic E-state index is 12.6. The summed E-state index contributed by atoms with van der Waals surface area (Å²) in [5.41, 5.74) is 2.01. The van der Waals surface area contributed by atoms with Crippen LogP contribution < -0.4 is 0 Å². The van der Waals surface area contributed by atoms with Crippen molar-refractivity contribution < 1.29 is 12.8 Å². The zero-order valence-electron chi connectivity index (χ0n) is 11.6. The highest BCUT2D eigenvalue weighted by atomic mass is 79.9. The number of furan rings is 1. The summed E-state index contributed by atoms with van der Waals surface area (Å²) in [4.78, 5) is 0.0919. The van der Waals surface area contributed by atoms with Crippen molar-refractivity contribution in [3.05, 3.63) is 51.9 Å². The molecule has 0 unspecified atom stereocenters. The number of hydrogen-bond acceptors (Lipinski definition) is 3. The van der Waals surface area contributed by atoms with Crippen molar-refractivity contribution in [2.45, 2.75) is 24.2 Å². The average Bonchev–Trinajstić information content (AvgIpc) is 2.83. The lowest BCUT2D eigenvalue weighted by molar-refractivity contribution is 0.459. The number of rotatable bonds is 5. The SMILES string of the molecule is Cc1ccccc1CN(C)S(=O)(=O)c1cc(CCl)oc1Br. The summed E-state index contributed by atoms with van der Waals surface area (Å²) >= 11 is 8.80. The van der Waals surface area contributed by atoms with Gasteiger partial charge in [0.2, 0.25) is 10.0 Å². The number of benzene rings is 1. The molecule has 7 heteroatoms. The second kappa shape index (κ2) is 6.52. The number of sulfonamides is 1. The van der Waals surface area contributed by atoms with Gasteiger partial charge in [0.25, 0.3) is 0 Å². The molecule has 0 saturated carbocycles. The standard InChI is InChI=1S/C14H15BrClNO3S/c1-10-5-3-4-6-11(10)9-17(2)21(18,19)13-7-12(8-16)20-14(13)15/h3-7H,8-9H2,1-2H3. The zero-order valence-corrected chi connectivity index (χ0v) is 14.8. The second-order valence-corrected chi connectivity index (χ2v) is 7.67. The van der Waals surface area contributed by atoms with E-state index in [2.05, 4.69) is 15.9 Å². The fourth-order valence-electron chi connectivity index (χ4n) is 1.92. The molecule has 0 aliphatic heterocycles. The summed E-state index contributed by atoms with van der Waals surface area (Å²) in [6, 6.07) is 9.13. The molecule has 4 nitrogen and oxygen atoms in total. The van der Waals surface area contributed by atoms with Crippen LogP contribution in [0.15, 0.2) is 44.3 Å². The van der Waals surface area contributed by atoms with E-state index in [0.717, 1.165) is 11.1 Å². The van der Waals surface area contributed by atoms with Crippen molar-refractivity contribution >= 4 is 37.6 Å². The van der Waals surface area contributed by atoms with Crippen molar-refractivity contribution in [2.24, 2.45) is 0 Å². The number of aryl methyl sites for hydroxylation is 1. The Labute approximate surface area is 137 Å². The molecule has 2 aromatic rings. The van der Waals surface area contributed by atoms with E-state index >= 15 is 0 Å². The molecule has 0 aliphatic rings. The molecule has 0 atom stereocenters. The summed E-state index contributed by atoms with van der Waals surface area (Å²) in [6.07, 6.45) is 0. The van der Waals surface area contributed by atoms with Gasteiger partial charge < -0.3 is 4.42 Å². The molecule has 0 bridgehead atoms. The van der Waals surface area contributed by atoms with Gasteiger partial charge in [0, 0.05) is 19.7 Å². The molecule has 0 spiro atoms. The summed E-state index contributed by atoms with van der Waals surface area (Å²) < 4.78 is 31.9. The minimum Gasteiger partial charge on any atom is -0.452 e. The van der Waals surface area contributed by atoms with Crippen LogP contribution in [0.25, 0.3) is 0 Å². The molecule has 2 rings (SSSR count). The molecule has 0 aliphatic carbocycles. The van der Waals surface area contributed by atoms with Crippen LogP contribution in [-0.4, -0.2) is 19.8 Å². The van der Waals surface area contributed by atoms with E-state index in [0.29, 0.717) is 12.3 Å². The van der Waals surface area contributed by atoms with Gasteiger partial charge >= 0.3 is 0 Å². The first-order chi connectivity index (χ1) is 9.86. The van der Waals surface area contributed by atoms with Gasteiger partial charge in [-0.2, -0.15) is 4.31 Å². The molecule has 0 saturated heterocycles. The van der Waals surface area contributed by atoms with Gasteiger partial charge in [-0.25, -0.2) is 8.42 Å². The Morgan fingerprint density at radius 2 is 2.00 bits per heavy atom. The van der Waals surface area contributed by atoms with Crippen molar-refractivity contribution in [2.75, 3.05) is 7.05 Å². The largest absolute Gasteiger partial charge is 0.452 e. The summed E-state index contributed by atoms with van der Waals surface area (Å²) in [7, 11) is -2.10. The maximum Gasteiger partial charge on any atom is 0.247 e. The third-order valence-corrected chi connectivity index (χ3v) is 6.10. The summed E-state index contributed by atoms with van der Waals surface area (Å²) in [6.45, 7) is 2.25. The fourth-order valence-corrected chi connectivity index (χ4v) is 4.16. The van der Waals surface area contributed by atoms with Gasteiger partial charge in [0.05, 0.1) is 5.88 Å². The normalized spacial score (nSPS) is 12.0. The van der Waals surface area contributed by atoms with E-state index in [-0.39, 0.29) is 15.4 Å². The average molecular weight is 393 g/mol. The first-order valence-corrected chi connectivity index (χ1v) is 8.98. The smallest absolute Gasteiger partial charge is 0.247 e. The molecular weight excluding hydrogens is 378 g/mol. The Balaban J connectivity index is 2.30. The maximum atomic E-state index is 12.6. The predicted molar refractivity (Wildman–Crippen MR) is 85.8 cm³/mol. The molecule has 0 N–H and O–H groups in total. The summed E-state index contributed by atoms with van der Waals surface area (Å²) in [5.74, 6) is 0.529. The second-order valence-electron chi connectivity index (χ2n) is 4.67. The Bertz CT molecular complexity index is 742. The highest BCUT2D eigenvalue weighted by Crippen LogP contribution is 2.29. The van der Waals surface area contributed by atoms with E-state index < -0.39 is 10.0 Å². The molecule has 0 fully saturated rings. The van der Waals surface area contributed by atoms with E-state index in [9.17, 15) is 8.42 Å². The number of nitrogens with zero attached hydrogens (tertiary/aromatic N) is 1. The van der Waals surface area contributed by atoms with Crippen LogP contribution in [-0.2, 0) is 22.4 Å². The van der Waals surface area contributed by atoms with Gasteiger partial charge in [-0.1, -0.05) is 24.3 Å². The Morgan fingerprint density at radius 1 is 1.33 bits per heavy atom. The van der Waals surface area contributed by atoms with Crippen LogP contribution in [0.2, 0.25) is 0 Å². The van der Waals surface area contributed by atoms with Crippen molar-refractivity contribution in [3.63, 3.8) is 0 Å². The molecule has 1 heterocycles. The van der Waals surface area contributed by atoms with Crippen molar-refractivity contribution in [3.8, 4) is 0 Å². The molecule has 1 aromatic heterocycles. The Morgan fingerprint density at radius 3 is 2.57 bits per heavy atom. The highest BCUT2D eigenvalue weighted by Gasteiger charge is 2.27. The third-order valence-electron chi connectivity index (χ3n) is 3.18. The first-order valence-electron chi connectivity index (χ1n) is 6.21. The van der Waals surface area contributed by atoms with Crippen LogP contribution in [0, 0.1) is 6.92 Å². The van der Waals surface area contributed by atoms with Gasteiger partial charge in [-0.3, -0.25) is 0 Å². The minimum absolute atomic E-state index is 0.0919. The lowest BCUT2D eigenvalue weighted by Gasteiger charge is -2.17. The molecule has 0 radical (unpaired) electrons. The number of alkyl halides is 1. The molecule has 114 valence electrons. The molecule has 21 heavy (non-hydrogen) atoms. The van der Waals surface area contributed by atoms with Crippen LogP contribution >= 0.6 is 27.5 Å². The van der Waals surface area contributed by atoms with Gasteiger partial charge in [0.1, 0.15) is 10.7 Å². The summed E-state index contributed by atoms with van der Waals surface area (Å²) in [5, 5.41) is 0. The molecule has 0 amide bonds. The van der Waals surface area contributed by atoms with Crippen LogP contribution in [0.5, 0.6) is 0 Å². The van der Waals surface area contributed by atoms with Gasteiger partial charge in [0.15, 0.2) is 4.67 Å². The molecular formula is C14H15BrClNO3S. The fraction of sp³-hybridized carbons (Fsp3) is 0.286. The third kappa shape index (κ3) is 3.51. The van der Waals surface area contributed by atoms with Crippen molar-refractivity contribution in [1.82, 2.24) is 4.31 Å². The monoisotopic (exact) mass is 391 g/mol. The van der Waals surface area contributed by atoms with Crippen LogP contribution in [0.3, 0.4) is 0 Å². The predicted octanol–water partition coefficient (Wildman–Crippen LogP) is 3.91. The van der Waals surface area contributed by atoms with Crippen LogP contribution in [0.4, 0.5) is 0 Å². The lowest BCUT2D eigenvalue weighted by atomic mass is 10.1. The van der Waals surface area contributed by atoms with E-state index in [4.69, 9.17) is 16.0 Å². The number of hydrogen-bond donors (Lipinski definition) is 0. The van der Waals surface area contributed by atoms with E-state index in [1.165, 1.54) is 10.4 Å². The number of halogens is 2. The quantitative estimate of drug-likeness (QED) is 0.725. The van der Waals surface area contributed by atoms with E-state index in [1.54, 1.807) is 7.05 Å². The highest BCUT2D eigenvalue weighted by molar-refractivity contribution is 9.10. The van der Waals surface area contributed by atoms with Crippen LogP contribution in [0.1, 0.15) is 16.9 Å².